The first-order chi connectivity index (χ1) is 6.79. The molecular formula is C8H8N4O2. The smallest absolute Gasteiger partial charge is 0.152 e. The zero-order chi connectivity index (χ0) is 10.2. The average Bonchev–Trinajstić information content (AvgIpc) is 2.21. The van der Waals surface area contributed by atoms with Gasteiger partial charge in [-0.15, -0.1) is 0 Å². The zero-order valence-corrected chi connectivity index (χ0v) is 7.15. The molecule has 0 aliphatic heterocycles. The van der Waals surface area contributed by atoms with Gasteiger partial charge in [0.05, 0.1) is 24.8 Å². The molecule has 14 heavy (non-hydrogen) atoms. The second-order valence-electron chi connectivity index (χ2n) is 2.19. The molecule has 0 saturated heterocycles. The summed E-state index contributed by atoms with van der Waals surface area (Å²) in [5.41, 5.74) is 0. The molecular weight excluding hydrogens is 184 g/mol. The Balaban J connectivity index is 0.000000140. The summed E-state index contributed by atoms with van der Waals surface area (Å²) in [6, 6.07) is 0. The van der Waals surface area contributed by atoms with E-state index < -0.39 is 0 Å². The largest absolute Gasteiger partial charge is 0.505 e. The van der Waals surface area contributed by atoms with E-state index in [9.17, 15) is 0 Å². The van der Waals surface area contributed by atoms with E-state index >= 15 is 0 Å². The van der Waals surface area contributed by atoms with E-state index in [4.69, 9.17) is 10.2 Å². The van der Waals surface area contributed by atoms with Gasteiger partial charge in [0.15, 0.2) is 11.5 Å². The Bertz CT molecular complexity index is 317. The lowest BCUT2D eigenvalue weighted by Crippen LogP contribution is -1.70. The number of nitrogens with zero attached hydrogens (tertiary/aromatic N) is 4. The van der Waals surface area contributed by atoms with Crippen LogP contribution < -0.4 is 0 Å². The van der Waals surface area contributed by atoms with Crippen LogP contribution in [0, 0.1) is 0 Å². The van der Waals surface area contributed by atoms with Crippen LogP contribution in [-0.4, -0.2) is 30.1 Å². The first kappa shape index (κ1) is 9.85. The molecule has 2 aromatic rings. The van der Waals surface area contributed by atoms with Crippen LogP contribution in [0.15, 0.2) is 37.4 Å². The molecule has 0 radical (unpaired) electrons. The molecule has 2 aromatic heterocycles. The van der Waals surface area contributed by atoms with Gasteiger partial charge in [-0.2, -0.15) is 0 Å². The van der Waals surface area contributed by atoms with Crippen molar-refractivity contribution >= 4 is 0 Å². The minimum Gasteiger partial charge on any atom is -0.505 e. The van der Waals surface area contributed by atoms with Crippen LogP contribution in [0.25, 0.3) is 0 Å². The highest BCUT2D eigenvalue weighted by atomic mass is 16.3. The lowest BCUT2D eigenvalue weighted by atomic mass is 10.6. The Morgan fingerprint density at radius 1 is 0.643 bits per heavy atom. The molecule has 0 unspecified atom stereocenters. The van der Waals surface area contributed by atoms with Crippen molar-refractivity contribution in [2.75, 3.05) is 0 Å². The molecule has 2 N–H and O–H groups in total. The number of aromatic hydroxyl groups is 2. The minimum atomic E-state index is 0.0995. The van der Waals surface area contributed by atoms with Crippen molar-refractivity contribution in [1.82, 2.24) is 19.9 Å². The van der Waals surface area contributed by atoms with Crippen molar-refractivity contribution in [3.05, 3.63) is 37.4 Å². The molecule has 2 heterocycles. The number of aromatic nitrogens is 4. The normalized spacial score (nSPS) is 8.57. The van der Waals surface area contributed by atoms with E-state index in [1.165, 1.54) is 37.4 Å². The third-order valence-corrected chi connectivity index (χ3v) is 1.09. The first-order valence-electron chi connectivity index (χ1n) is 3.67. The van der Waals surface area contributed by atoms with Gasteiger partial charge < -0.3 is 10.2 Å². The van der Waals surface area contributed by atoms with E-state index in [1.807, 2.05) is 0 Å². The Hall–Kier alpha value is -2.24. The van der Waals surface area contributed by atoms with Gasteiger partial charge in [-0.25, -0.2) is 19.9 Å². The highest BCUT2D eigenvalue weighted by Gasteiger charge is 1.77. The Morgan fingerprint density at radius 2 is 0.929 bits per heavy atom. The number of hydrogen-bond donors (Lipinski definition) is 2. The molecule has 0 aliphatic rings. The van der Waals surface area contributed by atoms with Gasteiger partial charge in [-0.1, -0.05) is 0 Å². The number of rotatable bonds is 0. The molecule has 72 valence electrons. The molecule has 2 rings (SSSR count). The van der Waals surface area contributed by atoms with E-state index in [0.29, 0.717) is 0 Å². The molecule has 0 bridgehead atoms. The summed E-state index contributed by atoms with van der Waals surface area (Å²) in [5, 5.41) is 17.0. The standard InChI is InChI=1S/2C4H4N2O/c2*7-4-1-5-3-6-2-4/h2*1-3,7H. The fourth-order valence-electron chi connectivity index (χ4n) is 0.582. The van der Waals surface area contributed by atoms with Gasteiger partial charge in [0, 0.05) is 0 Å². The summed E-state index contributed by atoms with van der Waals surface area (Å²) >= 11 is 0. The summed E-state index contributed by atoms with van der Waals surface area (Å²) < 4.78 is 0. The summed E-state index contributed by atoms with van der Waals surface area (Å²) in [7, 11) is 0. The van der Waals surface area contributed by atoms with E-state index in [1.54, 1.807) is 0 Å². The van der Waals surface area contributed by atoms with Gasteiger partial charge >= 0.3 is 0 Å². The molecule has 0 spiro atoms. The molecule has 0 atom stereocenters. The maximum atomic E-state index is 8.51. The Labute approximate surface area is 80.0 Å². The van der Waals surface area contributed by atoms with Gasteiger partial charge in [0.2, 0.25) is 0 Å². The lowest BCUT2D eigenvalue weighted by Gasteiger charge is -1.81. The summed E-state index contributed by atoms with van der Waals surface area (Å²) in [6.07, 6.45) is 8.03. The van der Waals surface area contributed by atoms with Gasteiger partial charge in [-0.05, 0) is 0 Å². The third-order valence-electron chi connectivity index (χ3n) is 1.09. The highest BCUT2D eigenvalue weighted by Crippen LogP contribution is 1.97. The summed E-state index contributed by atoms with van der Waals surface area (Å²) in [6.45, 7) is 0. The van der Waals surface area contributed by atoms with Crippen molar-refractivity contribution in [2.24, 2.45) is 0 Å². The minimum absolute atomic E-state index is 0.0995. The topological polar surface area (TPSA) is 92.0 Å². The fourth-order valence-corrected chi connectivity index (χ4v) is 0.582. The maximum Gasteiger partial charge on any atom is 0.152 e. The van der Waals surface area contributed by atoms with Crippen LogP contribution in [0.4, 0.5) is 0 Å². The van der Waals surface area contributed by atoms with Gasteiger partial charge in [-0.3, -0.25) is 0 Å². The third kappa shape index (κ3) is 3.96. The Morgan fingerprint density at radius 3 is 1.07 bits per heavy atom. The molecule has 6 heteroatoms. The molecule has 0 aromatic carbocycles. The Kier molecular flexibility index (Phi) is 3.81. The zero-order valence-electron chi connectivity index (χ0n) is 7.15. The molecule has 0 aliphatic carbocycles. The second-order valence-corrected chi connectivity index (χ2v) is 2.19. The van der Waals surface area contributed by atoms with Crippen LogP contribution in [0.2, 0.25) is 0 Å². The quantitative estimate of drug-likeness (QED) is 0.626. The van der Waals surface area contributed by atoms with E-state index in [0.717, 1.165) is 0 Å². The van der Waals surface area contributed by atoms with Crippen molar-refractivity contribution in [1.29, 1.82) is 0 Å². The molecule has 0 amide bonds. The molecule has 0 saturated carbocycles. The van der Waals surface area contributed by atoms with Crippen molar-refractivity contribution in [3.63, 3.8) is 0 Å². The highest BCUT2D eigenvalue weighted by molar-refractivity contribution is 5.06. The van der Waals surface area contributed by atoms with Crippen molar-refractivity contribution in [2.45, 2.75) is 0 Å². The van der Waals surface area contributed by atoms with Crippen LogP contribution in [0.1, 0.15) is 0 Å². The SMILES string of the molecule is Oc1cncnc1.Oc1cncnc1. The van der Waals surface area contributed by atoms with Crippen molar-refractivity contribution in [3.8, 4) is 11.5 Å². The van der Waals surface area contributed by atoms with Gasteiger partial charge in [0.1, 0.15) is 12.7 Å². The fraction of sp³-hybridized carbons (Fsp3) is 0. The summed E-state index contributed by atoms with van der Waals surface area (Å²) in [5.74, 6) is 0.199. The van der Waals surface area contributed by atoms with Gasteiger partial charge in [0.25, 0.3) is 0 Å². The van der Waals surface area contributed by atoms with Crippen LogP contribution in [-0.2, 0) is 0 Å². The van der Waals surface area contributed by atoms with Crippen LogP contribution in [0.3, 0.4) is 0 Å². The van der Waals surface area contributed by atoms with E-state index in [2.05, 4.69) is 19.9 Å². The summed E-state index contributed by atoms with van der Waals surface area (Å²) in [4.78, 5) is 14.1. The average molecular weight is 192 g/mol. The van der Waals surface area contributed by atoms with Crippen LogP contribution >= 0.6 is 0 Å². The van der Waals surface area contributed by atoms with Crippen molar-refractivity contribution < 1.29 is 10.2 Å². The maximum absolute atomic E-state index is 8.51. The lowest BCUT2D eigenvalue weighted by molar-refractivity contribution is 0.469. The first-order valence-corrected chi connectivity index (χ1v) is 3.67. The molecule has 0 fully saturated rings. The second kappa shape index (κ2) is 5.41. The predicted octanol–water partition coefficient (Wildman–Crippen LogP) is 0.364. The molecule has 6 nitrogen and oxygen atoms in total. The van der Waals surface area contributed by atoms with E-state index in [-0.39, 0.29) is 11.5 Å². The number of hydrogen-bond acceptors (Lipinski definition) is 6. The van der Waals surface area contributed by atoms with Crippen LogP contribution in [0.5, 0.6) is 11.5 Å². The monoisotopic (exact) mass is 192 g/mol. The predicted molar refractivity (Wildman–Crippen MR) is 47.4 cm³/mol.